The van der Waals surface area contributed by atoms with Crippen LogP contribution in [0.2, 0.25) is 0 Å². The summed E-state index contributed by atoms with van der Waals surface area (Å²) < 4.78 is 33.9. The van der Waals surface area contributed by atoms with E-state index in [0.29, 0.717) is 38.5 Å². The van der Waals surface area contributed by atoms with Crippen molar-refractivity contribution in [1.29, 1.82) is 0 Å². The number of carbonyl (C=O) groups excluding carboxylic acids is 4. The van der Waals surface area contributed by atoms with Gasteiger partial charge < -0.3 is 28.4 Å². The predicted octanol–water partition coefficient (Wildman–Crippen LogP) is 6.35. The van der Waals surface area contributed by atoms with Crippen LogP contribution in [0.1, 0.15) is 93.9 Å². The van der Waals surface area contributed by atoms with E-state index in [-0.39, 0.29) is 24.4 Å². The molecule has 0 aromatic carbocycles. The van der Waals surface area contributed by atoms with E-state index in [1.54, 1.807) is 79.7 Å². The maximum Gasteiger partial charge on any atom is 0.432 e. The summed E-state index contributed by atoms with van der Waals surface area (Å²) in [5.41, 5.74) is -2.30. The molecule has 4 amide bonds. The van der Waals surface area contributed by atoms with Crippen LogP contribution in [0.5, 0.6) is 0 Å². The fraction of sp³-hybridized carbons (Fsp3) is 0.688. The number of allylic oxidation sites excluding steroid dienone is 2. The van der Waals surface area contributed by atoms with Crippen LogP contribution >= 0.6 is 0 Å². The summed E-state index contributed by atoms with van der Waals surface area (Å²) in [7, 11) is 0. The average Bonchev–Trinajstić information content (AvgIpc) is 3.70. The molecule has 4 heterocycles. The second-order valence-electron chi connectivity index (χ2n) is 12.7. The molecule has 0 radical (unpaired) electrons. The van der Waals surface area contributed by atoms with Gasteiger partial charge in [-0.25, -0.2) is 19.2 Å². The summed E-state index contributed by atoms with van der Waals surface area (Å²) in [6.45, 7) is 13.9. The van der Waals surface area contributed by atoms with E-state index in [0.717, 1.165) is 0 Å². The third-order valence-electron chi connectivity index (χ3n) is 7.37. The molecule has 2 saturated heterocycles. The lowest BCUT2D eigenvalue weighted by molar-refractivity contribution is -0.0727. The molecule has 0 spiro atoms. The Morgan fingerprint density at radius 3 is 1.26 bits per heavy atom. The molecule has 4 atom stereocenters. The second kappa shape index (κ2) is 14.3. The maximum atomic E-state index is 13.1. The van der Waals surface area contributed by atoms with Gasteiger partial charge in [0.25, 0.3) is 0 Å². The molecule has 4 bridgehead atoms. The fourth-order valence-electron chi connectivity index (χ4n) is 5.69. The van der Waals surface area contributed by atoms with E-state index in [9.17, 15) is 19.2 Å². The Morgan fingerprint density at radius 2 is 0.935 bits per heavy atom. The van der Waals surface area contributed by atoms with Crippen molar-refractivity contribution in [3.8, 4) is 0 Å². The van der Waals surface area contributed by atoms with Gasteiger partial charge in [-0.05, 0) is 105 Å². The number of hydrogen-bond donors (Lipinski definition) is 0. The lowest BCUT2D eigenvalue weighted by Gasteiger charge is -2.37. The maximum absolute atomic E-state index is 13.1. The van der Waals surface area contributed by atoms with Gasteiger partial charge in [0.1, 0.15) is 0 Å². The Morgan fingerprint density at radius 1 is 0.609 bits per heavy atom. The van der Waals surface area contributed by atoms with Crippen LogP contribution in [0.4, 0.5) is 19.2 Å². The summed E-state index contributed by atoms with van der Waals surface area (Å²) >= 11 is 0. The van der Waals surface area contributed by atoms with Crippen molar-refractivity contribution in [2.24, 2.45) is 0 Å². The number of nitrogens with zero attached hydrogens (tertiary/aromatic N) is 4. The second-order valence-corrected chi connectivity index (χ2v) is 12.7. The number of fused-ring (bicyclic) bond motifs is 4. The van der Waals surface area contributed by atoms with Crippen LogP contribution in [-0.2, 0) is 28.4 Å². The van der Waals surface area contributed by atoms with E-state index in [1.165, 1.54) is 20.0 Å². The Labute approximate surface area is 270 Å². The largest absolute Gasteiger partial charge is 0.445 e. The molecule has 0 saturated carbocycles. The average molecular weight is 649 g/mol. The Balaban J connectivity index is 1.32. The number of unbranched alkanes of at least 4 members (excludes halogenated alkanes) is 2. The van der Waals surface area contributed by atoms with Gasteiger partial charge in [0.15, 0.2) is 23.9 Å². The molecule has 14 nitrogen and oxygen atoms in total. The van der Waals surface area contributed by atoms with Crippen molar-refractivity contribution in [1.82, 2.24) is 20.0 Å². The van der Waals surface area contributed by atoms with E-state index < -0.39 is 48.3 Å². The third-order valence-corrected chi connectivity index (χ3v) is 7.37. The summed E-state index contributed by atoms with van der Waals surface area (Å²) in [5, 5.41) is 4.81. The van der Waals surface area contributed by atoms with Crippen LogP contribution in [0.25, 0.3) is 0 Å². The molecular formula is C32H48N4O10. The molecule has 4 aliphatic heterocycles. The van der Waals surface area contributed by atoms with Gasteiger partial charge in [0.05, 0.1) is 24.4 Å². The first-order valence-electron chi connectivity index (χ1n) is 16.1. The van der Waals surface area contributed by atoms with Gasteiger partial charge in [-0.3, -0.25) is 0 Å². The molecular weight excluding hydrogens is 600 g/mol. The van der Waals surface area contributed by atoms with Gasteiger partial charge in [-0.15, -0.1) is 0 Å². The smallest absolute Gasteiger partial charge is 0.432 e. The van der Waals surface area contributed by atoms with Crippen molar-refractivity contribution < 1.29 is 47.6 Å². The highest BCUT2D eigenvalue weighted by Gasteiger charge is 2.60. The SMILES string of the molecule is CC(C)OC(=O)N1[C@H]2C=C[C@](CCC/C=C/CCC[C@@]34C=C[C@@H](O3)N(C(=O)OC(C)C)N4C(=O)OC(C)C)(O2)N1C(=O)OC(C)C. The Hall–Kier alpha value is -3.78. The van der Waals surface area contributed by atoms with Crippen LogP contribution in [-0.4, -0.2) is 92.7 Å². The highest BCUT2D eigenvalue weighted by atomic mass is 16.7. The molecule has 46 heavy (non-hydrogen) atoms. The van der Waals surface area contributed by atoms with Crippen molar-refractivity contribution >= 4 is 24.4 Å². The van der Waals surface area contributed by atoms with E-state index in [1.807, 2.05) is 12.2 Å². The molecule has 0 N–H and O–H groups in total. The van der Waals surface area contributed by atoms with Crippen LogP contribution < -0.4 is 0 Å². The molecule has 4 aliphatic rings. The van der Waals surface area contributed by atoms with Gasteiger partial charge >= 0.3 is 24.4 Å². The van der Waals surface area contributed by atoms with Crippen molar-refractivity contribution in [3.05, 3.63) is 36.5 Å². The highest BCUT2D eigenvalue weighted by Crippen LogP contribution is 2.44. The Kier molecular flexibility index (Phi) is 10.9. The Bertz CT molecular complexity index is 1140. The molecule has 256 valence electrons. The first kappa shape index (κ1) is 35.1. The number of rotatable bonds is 12. The minimum atomic E-state index is -1.15. The lowest BCUT2D eigenvalue weighted by Crippen LogP contribution is -2.57. The van der Waals surface area contributed by atoms with Crippen molar-refractivity contribution in [3.63, 3.8) is 0 Å². The zero-order valence-electron chi connectivity index (χ0n) is 28.0. The van der Waals surface area contributed by atoms with Gasteiger partial charge in [0, 0.05) is 12.8 Å². The molecule has 0 aliphatic carbocycles. The number of hydrazine groups is 2. The molecule has 0 unspecified atom stereocenters. The molecule has 4 rings (SSSR count). The molecule has 0 aromatic rings. The zero-order valence-corrected chi connectivity index (χ0v) is 28.0. The van der Waals surface area contributed by atoms with Crippen LogP contribution in [0.15, 0.2) is 36.5 Å². The van der Waals surface area contributed by atoms with E-state index >= 15 is 0 Å². The topological polar surface area (TPSA) is 137 Å². The lowest BCUT2D eigenvalue weighted by atomic mass is 10.0. The summed E-state index contributed by atoms with van der Waals surface area (Å²) in [4.78, 5) is 51.9. The van der Waals surface area contributed by atoms with Gasteiger partial charge in [-0.2, -0.15) is 20.0 Å². The third kappa shape index (κ3) is 7.43. The van der Waals surface area contributed by atoms with Gasteiger partial charge in [-0.1, -0.05) is 12.2 Å². The first-order chi connectivity index (χ1) is 21.7. The van der Waals surface area contributed by atoms with E-state index in [2.05, 4.69) is 0 Å². The normalized spacial score (nSPS) is 26.2. The van der Waals surface area contributed by atoms with Crippen LogP contribution in [0.3, 0.4) is 0 Å². The van der Waals surface area contributed by atoms with Crippen molar-refractivity contribution in [2.75, 3.05) is 0 Å². The first-order valence-corrected chi connectivity index (χ1v) is 16.1. The number of amides is 4. The minimum Gasteiger partial charge on any atom is -0.445 e. The number of carbonyl (C=O) groups is 4. The highest BCUT2D eigenvalue weighted by molar-refractivity contribution is 5.78. The summed E-state index contributed by atoms with van der Waals surface area (Å²) in [6.07, 6.45) is 8.95. The molecule has 14 heteroatoms. The standard InChI is InChI=1S/C32H48N4O10/c1-21(2)41-27(37)33-25-15-19-31(45-25,35(33)29(39)43-23(5)6)17-13-11-9-10-12-14-18-32-20-16-26(46-32)34(28(38)42-22(3)4)36(32)30(40)44-24(7)8/h9-10,15-16,19-26H,11-14,17-18H2,1-8H3/b10-9+/t25-,26-,31+,32+/m1/s1. The summed E-state index contributed by atoms with van der Waals surface area (Å²) in [6, 6.07) is 0. The minimum absolute atomic E-state index is 0.372. The monoisotopic (exact) mass is 648 g/mol. The fourth-order valence-corrected chi connectivity index (χ4v) is 5.69. The molecule has 2 fully saturated rings. The zero-order chi connectivity index (χ0) is 33.8. The van der Waals surface area contributed by atoms with E-state index in [4.69, 9.17) is 28.4 Å². The number of ether oxygens (including phenoxy) is 6. The summed E-state index contributed by atoms with van der Waals surface area (Å²) in [5.74, 6) is 0. The quantitative estimate of drug-likeness (QED) is 0.134. The number of hydrogen-bond acceptors (Lipinski definition) is 10. The molecule has 0 aromatic heterocycles. The predicted molar refractivity (Wildman–Crippen MR) is 164 cm³/mol. The van der Waals surface area contributed by atoms with Crippen molar-refractivity contribution in [2.45, 2.75) is 142 Å². The van der Waals surface area contributed by atoms with Gasteiger partial charge in [0.2, 0.25) is 0 Å². The van der Waals surface area contributed by atoms with Crippen LogP contribution in [0, 0.1) is 0 Å².